The van der Waals surface area contributed by atoms with E-state index >= 15 is 0 Å². The zero-order chi connectivity index (χ0) is 16.2. The van der Waals surface area contributed by atoms with Crippen LogP contribution in [0, 0.1) is 11.6 Å². The first-order valence-electron chi connectivity index (χ1n) is 5.96. The number of carboxylic acid groups (broad SMARTS) is 1. The second kappa shape index (κ2) is 7.48. The average Bonchev–Trinajstić information content (AvgIpc) is 2.37. The summed E-state index contributed by atoms with van der Waals surface area (Å²) in [4.78, 5) is 21.5. The van der Waals surface area contributed by atoms with Crippen molar-refractivity contribution in [3.05, 3.63) is 34.9 Å². The van der Waals surface area contributed by atoms with E-state index in [1.165, 1.54) is 6.92 Å². The predicted molar refractivity (Wildman–Crippen MR) is 72.0 cm³/mol. The molecule has 0 aromatic heterocycles. The van der Waals surface area contributed by atoms with Gasteiger partial charge in [-0.25, -0.2) is 13.6 Å². The lowest BCUT2D eigenvalue weighted by molar-refractivity contribution is -0.109. The number of benzene rings is 1. The Labute approximate surface area is 123 Å². The van der Waals surface area contributed by atoms with Crippen LogP contribution in [0.15, 0.2) is 12.1 Å². The summed E-state index contributed by atoms with van der Waals surface area (Å²) in [7, 11) is 0. The van der Waals surface area contributed by atoms with E-state index < -0.39 is 40.9 Å². The van der Waals surface area contributed by atoms with Crippen molar-refractivity contribution < 1.29 is 33.7 Å². The van der Waals surface area contributed by atoms with Gasteiger partial charge in [-0.15, -0.1) is 0 Å². The van der Waals surface area contributed by atoms with Crippen LogP contribution >= 0.6 is 11.8 Å². The summed E-state index contributed by atoms with van der Waals surface area (Å²) in [5.74, 6) is -4.28. The van der Waals surface area contributed by atoms with Gasteiger partial charge in [-0.1, -0.05) is 17.8 Å². The second-order valence-corrected chi connectivity index (χ2v) is 5.54. The average molecular weight is 320 g/mol. The number of hydrogen-bond donors (Lipinski definition) is 3. The van der Waals surface area contributed by atoms with Crippen LogP contribution < -0.4 is 0 Å². The first kappa shape index (κ1) is 17.5. The molecule has 0 aliphatic carbocycles. The zero-order valence-corrected chi connectivity index (χ0v) is 11.9. The van der Waals surface area contributed by atoms with Crippen molar-refractivity contribution >= 4 is 22.8 Å². The van der Waals surface area contributed by atoms with Crippen molar-refractivity contribution in [3.8, 4) is 0 Å². The van der Waals surface area contributed by atoms with Crippen LogP contribution in [0.3, 0.4) is 0 Å². The largest absolute Gasteiger partial charge is 0.477 e. The van der Waals surface area contributed by atoms with E-state index in [2.05, 4.69) is 0 Å². The zero-order valence-electron chi connectivity index (χ0n) is 11.0. The molecule has 21 heavy (non-hydrogen) atoms. The quantitative estimate of drug-likeness (QED) is 0.739. The van der Waals surface area contributed by atoms with Crippen LogP contribution in [-0.2, 0) is 4.79 Å². The molecule has 0 saturated heterocycles. The number of carbonyl (C=O) groups is 2. The predicted octanol–water partition coefficient (Wildman–Crippen LogP) is 1.73. The van der Waals surface area contributed by atoms with Gasteiger partial charge in [-0.2, -0.15) is 0 Å². The molecular formula is C13H14F2O5S. The maximum absolute atomic E-state index is 13.9. The minimum absolute atomic E-state index is 0.00929. The minimum atomic E-state index is -1.80. The van der Waals surface area contributed by atoms with E-state index in [1.54, 1.807) is 0 Å². The summed E-state index contributed by atoms with van der Waals surface area (Å²) in [6.07, 6.45) is -3.13. The Morgan fingerprint density at radius 3 is 2.43 bits per heavy atom. The molecule has 0 radical (unpaired) electrons. The van der Waals surface area contributed by atoms with Gasteiger partial charge in [0.15, 0.2) is 5.12 Å². The van der Waals surface area contributed by atoms with Crippen molar-refractivity contribution in [2.24, 2.45) is 0 Å². The van der Waals surface area contributed by atoms with E-state index in [9.17, 15) is 28.6 Å². The lowest BCUT2D eigenvalue weighted by Gasteiger charge is -2.19. The highest BCUT2D eigenvalue weighted by atomic mass is 32.2. The molecule has 1 aromatic rings. The van der Waals surface area contributed by atoms with Crippen molar-refractivity contribution in [1.82, 2.24) is 0 Å². The lowest BCUT2D eigenvalue weighted by atomic mass is 9.99. The number of aromatic carboxylic acids is 1. The van der Waals surface area contributed by atoms with Gasteiger partial charge in [0.2, 0.25) is 0 Å². The van der Waals surface area contributed by atoms with Crippen LogP contribution in [0.1, 0.15) is 35.4 Å². The summed E-state index contributed by atoms with van der Waals surface area (Å²) < 4.78 is 27.1. The third-order valence-corrected chi connectivity index (χ3v) is 3.58. The van der Waals surface area contributed by atoms with Crippen molar-refractivity contribution in [2.75, 3.05) is 5.75 Å². The maximum atomic E-state index is 13.9. The molecule has 3 N–H and O–H groups in total. The van der Waals surface area contributed by atoms with Gasteiger partial charge in [0.25, 0.3) is 0 Å². The van der Waals surface area contributed by atoms with Crippen molar-refractivity contribution in [2.45, 2.75) is 25.6 Å². The van der Waals surface area contributed by atoms with E-state index in [1.807, 2.05) is 0 Å². The lowest BCUT2D eigenvalue weighted by Crippen LogP contribution is -2.21. The Morgan fingerprint density at radius 2 is 1.90 bits per heavy atom. The number of hydrogen-bond acceptors (Lipinski definition) is 5. The Morgan fingerprint density at radius 1 is 1.29 bits per heavy atom. The van der Waals surface area contributed by atoms with E-state index in [4.69, 9.17) is 5.11 Å². The highest BCUT2D eigenvalue weighted by Crippen LogP contribution is 2.26. The molecule has 0 aliphatic heterocycles. The van der Waals surface area contributed by atoms with Gasteiger partial charge < -0.3 is 15.3 Å². The van der Waals surface area contributed by atoms with Crippen molar-refractivity contribution in [3.63, 3.8) is 0 Å². The molecule has 0 amide bonds. The summed E-state index contributed by atoms with van der Waals surface area (Å²) in [5.41, 5.74) is -1.69. The molecule has 0 heterocycles. The van der Waals surface area contributed by atoms with Crippen LogP contribution in [0.25, 0.3) is 0 Å². The highest BCUT2D eigenvalue weighted by molar-refractivity contribution is 8.13. The Hall–Kier alpha value is -1.51. The molecule has 0 saturated carbocycles. The van der Waals surface area contributed by atoms with Crippen LogP contribution in [0.4, 0.5) is 8.78 Å². The molecule has 8 heteroatoms. The smallest absolute Gasteiger partial charge is 0.341 e. The molecule has 1 rings (SSSR count). The van der Waals surface area contributed by atoms with Gasteiger partial charge >= 0.3 is 5.97 Å². The molecule has 2 atom stereocenters. The van der Waals surface area contributed by atoms with Crippen LogP contribution in [0.2, 0.25) is 0 Å². The van der Waals surface area contributed by atoms with E-state index in [-0.39, 0.29) is 17.3 Å². The number of rotatable bonds is 6. The van der Waals surface area contributed by atoms with Gasteiger partial charge in [0.1, 0.15) is 23.3 Å². The molecule has 0 aliphatic rings. The Kier molecular flexibility index (Phi) is 6.25. The Bertz CT molecular complexity index is 550. The number of halogens is 2. The molecule has 0 bridgehead atoms. The maximum Gasteiger partial charge on any atom is 0.341 e. The molecular weight excluding hydrogens is 306 g/mol. The summed E-state index contributed by atoms with van der Waals surface area (Å²) >= 11 is 0.929. The standard InChI is InChI=1S/C13H14F2O5S/c1-6(16)21-5-4-9(17)12(18)7-2-3-8(14)10(11(7)15)13(19)20/h2-3,9,12,17-18H,4-5H2,1H3,(H,19,20). The molecule has 0 spiro atoms. The number of thioether (sulfide) groups is 1. The second-order valence-electron chi connectivity index (χ2n) is 4.27. The third-order valence-electron chi connectivity index (χ3n) is 2.74. The fraction of sp³-hybridized carbons (Fsp3) is 0.385. The summed E-state index contributed by atoms with van der Waals surface area (Å²) in [5, 5.41) is 28.1. The SMILES string of the molecule is CC(=O)SCCC(O)C(O)c1ccc(F)c(C(=O)O)c1F. The van der Waals surface area contributed by atoms with Gasteiger partial charge in [-0.3, -0.25) is 4.79 Å². The van der Waals surface area contributed by atoms with E-state index in [0.29, 0.717) is 6.07 Å². The number of aliphatic hydroxyl groups excluding tert-OH is 2. The Balaban J connectivity index is 2.92. The van der Waals surface area contributed by atoms with Gasteiger partial charge in [-0.05, 0) is 12.5 Å². The third kappa shape index (κ3) is 4.48. The topological polar surface area (TPSA) is 94.8 Å². The fourth-order valence-electron chi connectivity index (χ4n) is 1.68. The molecule has 5 nitrogen and oxygen atoms in total. The molecule has 0 fully saturated rings. The van der Waals surface area contributed by atoms with Gasteiger partial charge in [0, 0.05) is 18.2 Å². The fourth-order valence-corrected chi connectivity index (χ4v) is 2.33. The molecule has 2 unspecified atom stereocenters. The number of carbonyl (C=O) groups excluding carboxylic acids is 1. The van der Waals surface area contributed by atoms with E-state index in [0.717, 1.165) is 17.8 Å². The first-order valence-corrected chi connectivity index (χ1v) is 6.95. The van der Waals surface area contributed by atoms with Gasteiger partial charge in [0.05, 0.1) is 6.10 Å². The molecule has 116 valence electrons. The number of aliphatic hydroxyl groups is 2. The molecule has 1 aromatic carbocycles. The van der Waals surface area contributed by atoms with Crippen LogP contribution in [0.5, 0.6) is 0 Å². The highest BCUT2D eigenvalue weighted by Gasteiger charge is 2.27. The summed E-state index contributed by atoms with van der Waals surface area (Å²) in [6.45, 7) is 1.34. The van der Waals surface area contributed by atoms with Crippen molar-refractivity contribution in [1.29, 1.82) is 0 Å². The number of carboxylic acids is 1. The summed E-state index contributed by atoms with van der Waals surface area (Å²) in [6, 6.07) is 1.59. The minimum Gasteiger partial charge on any atom is -0.477 e. The monoisotopic (exact) mass is 320 g/mol. The van der Waals surface area contributed by atoms with Crippen LogP contribution in [-0.4, -0.2) is 38.3 Å². The first-order chi connectivity index (χ1) is 9.75. The normalized spacial score (nSPS) is 13.8.